The summed E-state index contributed by atoms with van der Waals surface area (Å²) in [5.41, 5.74) is 5.59. The van der Waals surface area contributed by atoms with Gasteiger partial charge in [-0.2, -0.15) is 0 Å². The molecule has 1 rings (SSSR count). The molecule has 0 aromatic heterocycles. The molecule has 0 aliphatic heterocycles. The molecule has 2 nitrogen and oxygen atoms in total. The largest absolute Gasteiger partial charge is 0.329 e. The van der Waals surface area contributed by atoms with Crippen LogP contribution in [-0.2, 0) is 0 Å². The van der Waals surface area contributed by atoms with Crippen LogP contribution >= 0.6 is 0 Å². The van der Waals surface area contributed by atoms with Crippen molar-refractivity contribution in [3.63, 3.8) is 0 Å². The summed E-state index contributed by atoms with van der Waals surface area (Å²) in [6, 6.07) is 1.32. The van der Waals surface area contributed by atoms with E-state index in [2.05, 4.69) is 19.2 Å². The molecule has 1 atom stereocenters. The summed E-state index contributed by atoms with van der Waals surface area (Å²) >= 11 is 0. The summed E-state index contributed by atoms with van der Waals surface area (Å²) in [5, 5.41) is 3.52. The Kier molecular flexibility index (Phi) is 2.69. The number of rotatable bonds is 4. The molecule has 0 bridgehead atoms. The van der Waals surface area contributed by atoms with Gasteiger partial charge in [0.2, 0.25) is 0 Å². The smallest absolute Gasteiger partial charge is 0.0215 e. The molecule has 1 fully saturated rings. The van der Waals surface area contributed by atoms with Crippen LogP contribution in [0.4, 0.5) is 0 Å². The van der Waals surface area contributed by atoms with E-state index in [0.29, 0.717) is 12.0 Å². The van der Waals surface area contributed by atoms with Crippen LogP contribution in [0.2, 0.25) is 0 Å². The molecule has 0 radical (unpaired) electrons. The Morgan fingerprint density at radius 3 is 2.40 bits per heavy atom. The van der Waals surface area contributed by atoms with Crippen molar-refractivity contribution in [2.45, 2.75) is 38.8 Å². The van der Waals surface area contributed by atoms with Crippen molar-refractivity contribution in [1.82, 2.24) is 5.32 Å². The molecule has 1 aliphatic carbocycles. The molecule has 1 aliphatic rings. The van der Waals surface area contributed by atoms with Gasteiger partial charge in [0.15, 0.2) is 0 Å². The first kappa shape index (κ1) is 8.02. The average molecular weight is 142 g/mol. The Bertz CT molecular complexity index is 97.4. The second-order valence-electron chi connectivity index (χ2n) is 3.53. The third kappa shape index (κ3) is 2.27. The van der Waals surface area contributed by atoms with Gasteiger partial charge >= 0.3 is 0 Å². The Morgan fingerprint density at radius 2 is 2.10 bits per heavy atom. The molecule has 0 saturated heterocycles. The van der Waals surface area contributed by atoms with Crippen LogP contribution < -0.4 is 11.1 Å². The first-order chi connectivity index (χ1) is 4.74. The van der Waals surface area contributed by atoms with Gasteiger partial charge < -0.3 is 11.1 Å². The zero-order valence-electron chi connectivity index (χ0n) is 6.93. The Morgan fingerprint density at radius 1 is 1.50 bits per heavy atom. The molecular weight excluding hydrogens is 124 g/mol. The number of hydrogen-bond acceptors (Lipinski definition) is 2. The van der Waals surface area contributed by atoms with Gasteiger partial charge in [-0.05, 0) is 18.8 Å². The maximum Gasteiger partial charge on any atom is 0.0215 e. The van der Waals surface area contributed by atoms with E-state index in [0.717, 1.165) is 12.6 Å². The molecule has 0 aromatic rings. The highest BCUT2D eigenvalue weighted by molar-refractivity contribution is 4.86. The molecule has 3 N–H and O–H groups in total. The van der Waals surface area contributed by atoms with Crippen LogP contribution in [-0.4, -0.2) is 18.6 Å². The van der Waals surface area contributed by atoms with Gasteiger partial charge in [0, 0.05) is 18.6 Å². The van der Waals surface area contributed by atoms with Gasteiger partial charge in [0.25, 0.3) is 0 Å². The van der Waals surface area contributed by atoms with Crippen molar-refractivity contribution in [2.75, 3.05) is 6.54 Å². The normalized spacial score (nSPS) is 21.6. The van der Waals surface area contributed by atoms with E-state index in [-0.39, 0.29) is 0 Å². The van der Waals surface area contributed by atoms with Gasteiger partial charge in [-0.3, -0.25) is 0 Å². The van der Waals surface area contributed by atoms with Crippen LogP contribution in [0.25, 0.3) is 0 Å². The van der Waals surface area contributed by atoms with Crippen molar-refractivity contribution in [3.05, 3.63) is 0 Å². The van der Waals surface area contributed by atoms with Gasteiger partial charge in [-0.1, -0.05) is 13.8 Å². The Hall–Kier alpha value is -0.0800. The predicted molar refractivity (Wildman–Crippen MR) is 43.8 cm³/mol. The third-order valence-corrected chi connectivity index (χ3v) is 2.09. The van der Waals surface area contributed by atoms with E-state index in [1.165, 1.54) is 12.8 Å². The van der Waals surface area contributed by atoms with Crippen LogP contribution in [0.1, 0.15) is 26.7 Å². The predicted octanol–water partition coefficient (Wildman–Crippen LogP) is 0.722. The summed E-state index contributed by atoms with van der Waals surface area (Å²) in [6.45, 7) is 5.20. The second-order valence-corrected chi connectivity index (χ2v) is 3.53. The Balaban J connectivity index is 2.17. The van der Waals surface area contributed by atoms with Crippen LogP contribution in [0.3, 0.4) is 0 Å². The zero-order valence-corrected chi connectivity index (χ0v) is 6.93. The van der Waals surface area contributed by atoms with Crippen molar-refractivity contribution in [1.29, 1.82) is 0 Å². The minimum absolute atomic E-state index is 0.535. The van der Waals surface area contributed by atoms with Crippen molar-refractivity contribution in [3.8, 4) is 0 Å². The molecular formula is C8H18N2. The Labute approximate surface area is 63.2 Å². The van der Waals surface area contributed by atoms with Crippen LogP contribution in [0.15, 0.2) is 0 Å². The van der Waals surface area contributed by atoms with E-state index in [4.69, 9.17) is 5.73 Å². The summed E-state index contributed by atoms with van der Waals surface area (Å²) in [5.74, 6) is 0.672. The molecule has 0 spiro atoms. The van der Waals surface area contributed by atoms with Crippen molar-refractivity contribution in [2.24, 2.45) is 11.7 Å². The highest BCUT2D eigenvalue weighted by Crippen LogP contribution is 2.20. The lowest BCUT2D eigenvalue weighted by Gasteiger charge is -2.19. The van der Waals surface area contributed by atoms with Crippen LogP contribution in [0.5, 0.6) is 0 Å². The van der Waals surface area contributed by atoms with E-state index in [1.807, 2.05) is 0 Å². The van der Waals surface area contributed by atoms with E-state index in [9.17, 15) is 0 Å². The molecule has 0 amide bonds. The highest BCUT2D eigenvalue weighted by Gasteiger charge is 2.24. The quantitative estimate of drug-likeness (QED) is 0.607. The van der Waals surface area contributed by atoms with Gasteiger partial charge in [-0.15, -0.1) is 0 Å². The topological polar surface area (TPSA) is 38.0 Å². The maximum atomic E-state index is 5.59. The average Bonchev–Trinajstić information content (AvgIpc) is 2.64. The lowest BCUT2D eigenvalue weighted by molar-refractivity contribution is 0.403. The summed E-state index contributed by atoms with van der Waals surface area (Å²) in [4.78, 5) is 0. The standard InChI is InChI=1S/C8H18N2/c1-6(2)8(5-9)10-7-3-4-7/h6-8,10H,3-5,9H2,1-2H3. The molecule has 0 aromatic carbocycles. The van der Waals surface area contributed by atoms with Crippen molar-refractivity contribution < 1.29 is 0 Å². The maximum absolute atomic E-state index is 5.59. The van der Waals surface area contributed by atoms with E-state index < -0.39 is 0 Å². The van der Waals surface area contributed by atoms with E-state index >= 15 is 0 Å². The summed E-state index contributed by atoms with van der Waals surface area (Å²) in [6.07, 6.45) is 2.70. The first-order valence-electron chi connectivity index (χ1n) is 4.20. The number of nitrogens with one attached hydrogen (secondary N) is 1. The molecule has 0 heterocycles. The fourth-order valence-electron chi connectivity index (χ4n) is 1.09. The van der Waals surface area contributed by atoms with Gasteiger partial charge in [0.05, 0.1) is 0 Å². The van der Waals surface area contributed by atoms with Gasteiger partial charge in [-0.25, -0.2) is 0 Å². The summed E-state index contributed by atoms with van der Waals surface area (Å²) in [7, 11) is 0. The van der Waals surface area contributed by atoms with Crippen molar-refractivity contribution >= 4 is 0 Å². The second kappa shape index (κ2) is 3.35. The van der Waals surface area contributed by atoms with E-state index in [1.54, 1.807) is 0 Å². The lowest BCUT2D eigenvalue weighted by atomic mass is 10.1. The first-order valence-corrected chi connectivity index (χ1v) is 4.20. The number of hydrogen-bond donors (Lipinski definition) is 2. The molecule has 1 unspecified atom stereocenters. The molecule has 60 valence electrons. The minimum Gasteiger partial charge on any atom is -0.329 e. The van der Waals surface area contributed by atoms with Crippen LogP contribution in [0, 0.1) is 5.92 Å². The number of nitrogens with two attached hydrogens (primary N) is 1. The summed E-state index contributed by atoms with van der Waals surface area (Å²) < 4.78 is 0. The molecule has 2 heteroatoms. The fourth-order valence-corrected chi connectivity index (χ4v) is 1.09. The highest BCUT2D eigenvalue weighted by atomic mass is 15.0. The minimum atomic E-state index is 0.535. The fraction of sp³-hybridized carbons (Fsp3) is 1.00. The lowest BCUT2D eigenvalue weighted by Crippen LogP contribution is -2.41. The van der Waals surface area contributed by atoms with Gasteiger partial charge in [0.1, 0.15) is 0 Å². The third-order valence-electron chi connectivity index (χ3n) is 2.09. The monoisotopic (exact) mass is 142 g/mol. The molecule has 10 heavy (non-hydrogen) atoms. The zero-order chi connectivity index (χ0) is 7.56. The molecule has 1 saturated carbocycles. The SMILES string of the molecule is CC(C)C(CN)NC1CC1.